The molecule has 0 aliphatic heterocycles. The number of nitrogens with zero attached hydrogens (tertiary/aromatic N) is 2. The SMILES string of the molecule is COc1cccc(Nc2nc3c(c(Nc4ccccc4C)n2)C(=O)CCC3)c1. The Balaban J connectivity index is 1.74. The van der Waals surface area contributed by atoms with E-state index in [4.69, 9.17) is 4.74 Å². The molecule has 28 heavy (non-hydrogen) atoms. The maximum Gasteiger partial charge on any atom is 0.229 e. The molecule has 1 aliphatic carbocycles. The maximum atomic E-state index is 12.6. The van der Waals surface area contributed by atoms with Crippen LogP contribution in [0, 0.1) is 6.92 Å². The molecule has 2 N–H and O–H groups in total. The highest BCUT2D eigenvalue weighted by molar-refractivity contribution is 6.03. The Bertz CT molecular complexity index is 1030. The number of ether oxygens (including phenoxy) is 1. The maximum absolute atomic E-state index is 12.6. The van der Waals surface area contributed by atoms with Crippen LogP contribution in [0.4, 0.5) is 23.1 Å². The normalized spacial score (nSPS) is 13.0. The van der Waals surface area contributed by atoms with Crippen molar-refractivity contribution in [1.29, 1.82) is 0 Å². The van der Waals surface area contributed by atoms with Crippen LogP contribution >= 0.6 is 0 Å². The molecule has 0 unspecified atom stereocenters. The molecule has 1 aromatic heterocycles. The van der Waals surface area contributed by atoms with E-state index in [2.05, 4.69) is 20.6 Å². The Morgan fingerprint density at radius 3 is 2.68 bits per heavy atom. The van der Waals surface area contributed by atoms with Gasteiger partial charge in [0.2, 0.25) is 5.95 Å². The number of anilines is 4. The summed E-state index contributed by atoms with van der Waals surface area (Å²) in [5, 5.41) is 6.57. The molecule has 0 fully saturated rings. The van der Waals surface area contributed by atoms with Gasteiger partial charge in [0.15, 0.2) is 5.78 Å². The first-order chi connectivity index (χ1) is 13.6. The number of hydrogen-bond acceptors (Lipinski definition) is 6. The fourth-order valence-electron chi connectivity index (χ4n) is 3.34. The molecule has 2 aromatic carbocycles. The van der Waals surface area contributed by atoms with E-state index < -0.39 is 0 Å². The lowest BCUT2D eigenvalue weighted by molar-refractivity contribution is 0.0972. The van der Waals surface area contributed by atoms with Gasteiger partial charge in [-0.15, -0.1) is 0 Å². The number of para-hydroxylation sites is 1. The highest BCUT2D eigenvalue weighted by Crippen LogP contribution is 2.31. The van der Waals surface area contributed by atoms with Gasteiger partial charge in [-0.25, -0.2) is 4.98 Å². The van der Waals surface area contributed by atoms with Crippen molar-refractivity contribution in [3.63, 3.8) is 0 Å². The minimum atomic E-state index is 0.0882. The number of aryl methyl sites for hydroxylation is 2. The number of aromatic nitrogens is 2. The van der Waals surface area contributed by atoms with Crippen molar-refractivity contribution in [3.8, 4) is 5.75 Å². The first-order valence-electron chi connectivity index (χ1n) is 9.32. The molecule has 0 atom stereocenters. The predicted octanol–water partition coefficient (Wildman–Crippen LogP) is 4.80. The molecule has 1 aliphatic rings. The number of methoxy groups -OCH3 is 1. The van der Waals surface area contributed by atoms with Gasteiger partial charge in [0.25, 0.3) is 0 Å². The number of carbonyl (C=O) groups excluding carboxylic acids is 1. The monoisotopic (exact) mass is 374 g/mol. The molecule has 0 saturated heterocycles. The van der Waals surface area contributed by atoms with Gasteiger partial charge in [-0.2, -0.15) is 4.98 Å². The number of hydrogen-bond donors (Lipinski definition) is 2. The summed E-state index contributed by atoms with van der Waals surface area (Å²) in [6.45, 7) is 2.02. The van der Waals surface area contributed by atoms with Crippen LogP contribution in [-0.4, -0.2) is 22.9 Å². The smallest absolute Gasteiger partial charge is 0.229 e. The third-order valence-electron chi connectivity index (χ3n) is 4.80. The molecule has 0 amide bonds. The topological polar surface area (TPSA) is 76.1 Å². The predicted molar refractivity (Wildman–Crippen MR) is 110 cm³/mol. The summed E-state index contributed by atoms with van der Waals surface area (Å²) in [7, 11) is 1.63. The molecule has 4 rings (SSSR count). The van der Waals surface area contributed by atoms with Crippen LogP contribution in [0.2, 0.25) is 0 Å². The molecular formula is C22H22N4O2. The molecule has 0 bridgehead atoms. The van der Waals surface area contributed by atoms with Crippen molar-refractivity contribution < 1.29 is 9.53 Å². The zero-order valence-electron chi connectivity index (χ0n) is 16.0. The van der Waals surface area contributed by atoms with Gasteiger partial charge in [-0.05, 0) is 43.5 Å². The van der Waals surface area contributed by atoms with E-state index in [9.17, 15) is 4.79 Å². The second-order valence-electron chi connectivity index (χ2n) is 6.79. The highest BCUT2D eigenvalue weighted by Gasteiger charge is 2.25. The van der Waals surface area contributed by atoms with Crippen LogP contribution in [0.15, 0.2) is 48.5 Å². The summed E-state index contributed by atoms with van der Waals surface area (Å²) in [4.78, 5) is 21.8. The Labute approximate surface area is 164 Å². The van der Waals surface area contributed by atoms with E-state index in [1.54, 1.807) is 7.11 Å². The van der Waals surface area contributed by atoms with Crippen molar-refractivity contribution >= 4 is 28.9 Å². The third kappa shape index (κ3) is 3.67. The van der Waals surface area contributed by atoms with Crippen molar-refractivity contribution in [2.45, 2.75) is 26.2 Å². The van der Waals surface area contributed by atoms with Gasteiger partial charge < -0.3 is 15.4 Å². The van der Waals surface area contributed by atoms with Crippen LogP contribution in [0.1, 0.15) is 34.5 Å². The fourth-order valence-corrected chi connectivity index (χ4v) is 3.34. The Kier molecular flexibility index (Phi) is 4.93. The molecule has 0 saturated carbocycles. The lowest BCUT2D eigenvalue weighted by atomic mass is 9.95. The van der Waals surface area contributed by atoms with Crippen LogP contribution < -0.4 is 15.4 Å². The van der Waals surface area contributed by atoms with Gasteiger partial charge in [-0.3, -0.25) is 4.79 Å². The quantitative estimate of drug-likeness (QED) is 0.668. The second kappa shape index (κ2) is 7.68. The summed E-state index contributed by atoms with van der Waals surface area (Å²) in [6, 6.07) is 15.5. The Hall–Kier alpha value is -3.41. The summed E-state index contributed by atoms with van der Waals surface area (Å²) in [5.41, 5.74) is 4.22. The molecule has 0 spiro atoms. The van der Waals surface area contributed by atoms with Gasteiger partial charge in [0.1, 0.15) is 11.6 Å². The van der Waals surface area contributed by atoms with Crippen LogP contribution in [0.25, 0.3) is 0 Å². The van der Waals surface area contributed by atoms with Gasteiger partial charge in [0, 0.05) is 23.9 Å². The number of ketones is 1. The van der Waals surface area contributed by atoms with E-state index in [0.29, 0.717) is 23.8 Å². The summed E-state index contributed by atoms with van der Waals surface area (Å²) >= 11 is 0. The molecule has 0 radical (unpaired) electrons. The summed E-state index contributed by atoms with van der Waals surface area (Å²) in [6.07, 6.45) is 2.10. The highest BCUT2D eigenvalue weighted by atomic mass is 16.5. The van der Waals surface area contributed by atoms with E-state index >= 15 is 0 Å². The first kappa shape index (κ1) is 18.0. The minimum absolute atomic E-state index is 0.0882. The Morgan fingerprint density at radius 2 is 1.86 bits per heavy atom. The number of Topliss-reactive ketones (excluding diaryl/α,β-unsaturated/α-hetero) is 1. The van der Waals surface area contributed by atoms with Crippen molar-refractivity contribution in [3.05, 3.63) is 65.4 Å². The number of benzene rings is 2. The zero-order chi connectivity index (χ0) is 19.5. The summed E-state index contributed by atoms with van der Waals surface area (Å²) in [5.74, 6) is 1.84. The minimum Gasteiger partial charge on any atom is -0.497 e. The van der Waals surface area contributed by atoms with Crippen molar-refractivity contribution in [2.24, 2.45) is 0 Å². The van der Waals surface area contributed by atoms with Crippen molar-refractivity contribution in [1.82, 2.24) is 9.97 Å². The van der Waals surface area contributed by atoms with E-state index in [-0.39, 0.29) is 5.78 Å². The fraction of sp³-hybridized carbons (Fsp3) is 0.227. The molecule has 6 heteroatoms. The van der Waals surface area contributed by atoms with E-state index in [1.165, 1.54) is 0 Å². The van der Waals surface area contributed by atoms with E-state index in [1.807, 2.05) is 55.5 Å². The second-order valence-corrected chi connectivity index (χ2v) is 6.79. The molecule has 6 nitrogen and oxygen atoms in total. The first-order valence-corrected chi connectivity index (χ1v) is 9.32. The standard InChI is InChI=1S/C22H22N4O2/c1-14-7-3-4-10-17(14)24-21-20-18(11-6-12-19(20)27)25-22(26-21)23-15-8-5-9-16(13-15)28-2/h3-5,7-10,13H,6,11-12H2,1-2H3,(H2,23,24,25,26). The van der Waals surface area contributed by atoms with Crippen LogP contribution in [-0.2, 0) is 6.42 Å². The average molecular weight is 374 g/mol. The molecule has 3 aromatic rings. The Morgan fingerprint density at radius 1 is 1.00 bits per heavy atom. The third-order valence-corrected chi connectivity index (χ3v) is 4.80. The molecule has 1 heterocycles. The number of fused-ring (bicyclic) bond motifs is 1. The molecule has 142 valence electrons. The number of carbonyl (C=O) groups is 1. The lowest BCUT2D eigenvalue weighted by Gasteiger charge is -2.20. The van der Waals surface area contributed by atoms with Gasteiger partial charge in [0.05, 0.1) is 18.4 Å². The van der Waals surface area contributed by atoms with Gasteiger partial charge in [-0.1, -0.05) is 24.3 Å². The van der Waals surface area contributed by atoms with Crippen LogP contribution in [0.3, 0.4) is 0 Å². The number of rotatable bonds is 5. The van der Waals surface area contributed by atoms with Gasteiger partial charge >= 0.3 is 0 Å². The average Bonchev–Trinajstić information content (AvgIpc) is 2.70. The van der Waals surface area contributed by atoms with Crippen molar-refractivity contribution in [2.75, 3.05) is 17.7 Å². The zero-order valence-corrected chi connectivity index (χ0v) is 16.0. The summed E-state index contributed by atoms with van der Waals surface area (Å²) < 4.78 is 5.28. The van der Waals surface area contributed by atoms with Crippen LogP contribution in [0.5, 0.6) is 5.75 Å². The number of nitrogens with one attached hydrogen (secondary N) is 2. The van der Waals surface area contributed by atoms with E-state index in [0.717, 1.165) is 41.2 Å². The lowest BCUT2D eigenvalue weighted by Crippen LogP contribution is -2.18. The molecular weight excluding hydrogens is 352 g/mol. The largest absolute Gasteiger partial charge is 0.497 e.